The highest BCUT2D eigenvalue weighted by molar-refractivity contribution is 7.13. The number of aromatic nitrogens is 2. The predicted octanol–water partition coefficient (Wildman–Crippen LogP) is 3.23. The van der Waals surface area contributed by atoms with Gasteiger partial charge in [0.25, 0.3) is 0 Å². The number of thiophene rings is 1. The van der Waals surface area contributed by atoms with Crippen LogP contribution < -0.4 is 5.32 Å². The Labute approximate surface area is 158 Å². The molecule has 6 nitrogen and oxygen atoms in total. The highest BCUT2D eigenvalue weighted by atomic mass is 32.1. The molecule has 1 atom stereocenters. The maximum atomic E-state index is 12.4. The topological polar surface area (TPSA) is 81.2 Å². The van der Waals surface area contributed by atoms with Crippen LogP contribution in [-0.2, 0) is 20.7 Å². The van der Waals surface area contributed by atoms with Gasteiger partial charge in [0.05, 0.1) is 31.7 Å². The van der Waals surface area contributed by atoms with Crippen LogP contribution >= 0.6 is 22.7 Å². The van der Waals surface area contributed by atoms with Crippen LogP contribution in [-0.4, -0.2) is 29.0 Å². The molecule has 26 heavy (non-hydrogen) atoms. The number of rotatable bonds is 7. The fourth-order valence-corrected chi connectivity index (χ4v) is 3.97. The van der Waals surface area contributed by atoms with Crippen molar-refractivity contribution < 1.29 is 14.3 Å². The van der Waals surface area contributed by atoms with E-state index in [1.54, 1.807) is 12.4 Å². The van der Waals surface area contributed by atoms with Gasteiger partial charge in [0.2, 0.25) is 5.91 Å². The first-order valence-electron chi connectivity index (χ1n) is 7.90. The summed E-state index contributed by atoms with van der Waals surface area (Å²) in [5.41, 5.74) is 1.61. The average Bonchev–Trinajstić information content (AvgIpc) is 3.34. The Morgan fingerprint density at radius 3 is 2.85 bits per heavy atom. The Morgan fingerprint density at radius 2 is 2.15 bits per heavy atom. The molecule has 1 amide bonds. The number of pyridine rings is 1. The van der Waals surface area contributed by atoms with Gasteiger partial charge >= 0.3 is 5.97 Å². The Bertz CT molecular complexity index is 863. The van der Waals surface area contributed by atoms with Gasteiger partial charge in [0.1, 0.15) is 5.01 Å². The van der Waals surface area contributed by atoms with E-state index < -0.39 is 6.04 Å². The Kier molecular flexibility index (Phi) is 6.08. The molecule has 0 aromatic carbocycles. The smallest absolute Gasteiger partial charge is 0.307 e. The van der Waals surface area contributed by atoms with Crippen LogP contribution in [0.1, 0.15) is 23.0 Å². The minimum atomic E-state index is -0.397. The second-order valence-electron chi connectivity index (χ2n) is 5.48. The van der Waals surface area contributed by atoms with E-state index in [-0.39, 0.29) is 24.7 Å². The van der Waals surface area contributed by atoms with Gasteiger partial charge in [0.15, 0.2) is 0 Å². The van der Waals surface area contributed by atoms with Crippen molar-refractivity contribution in [3.05, 3.63) is 58.0 Å². The highest BCUT2D eigenvalue weighted by Crippen LogP contribution is 2.24. The number of amides is 1. The van der Waals surface area contributed by atoms with Crippen LogP contribution in [0, 0.1) is 0 Å². The number of esters is 1. The normalized spacial score (nSPS) is 11.7. The van der Waals surface area contributed by atoms with Crippen molar-refractivity contribution in [2.45, 2.75) is 18.9 Å². The highest BCUT2D eigenvalue weighted by Gasteiger charge is 2.20. The van der Waals surface area contributed by atoms with Gasteiger partial charge in [-0.25, -0.2) is 4.98 Å². The van der Waals surface area contributed by atoms with Gasteiger partial charge in [-0.3, -0.25) is 14.6 Å². The lowest BCUT2D eigenvalue weighted by Gasteiger charge is -2.16. The predicted molar refractivity (Wildman–Crippen MR) is 101 cm³/mol. The van der Waals surface area contributed by atoms with Gasteiger partial charge in [-0.15, -0.1) is 22.7 Å². The second-order valence-corrected chi connectivity index (χ2v) is 7.32. The first-order chi connectivity index (χ1) is 12.7. The number of methoxy groups -OCH3 is 1. The molecule has 8 heteroatoms. The summed E-state index contributed by atoms with van der Waals surface area (Å²) in [6, 6.07) is 7.16. The number of hydrogen-bond acceptors (Lipinski definition) is 7. The lowest BCUT2D eigenvalue weighted by molar-refractivity contribution is -0.141. The molecule has 0 fully saturated rings. The summed E-state index contributed by atoms with van der Waals surface area (Å²) < 4.78 is 4.73. The van der Waals surface area contributed by atoms with Gasteiger partial charge in [-0.2, -0.15) is 0 Å². The number of carbonyl (C=O) groups excluding carboxylic acids is 2. The maximum Gasteiger partial charge on any atom is 0.307 e. The summed E-state index contributed by atoms with van der Waals surface area (Å²) >= 11 is 2.96. The average molecular weight is 387 g/mol. The van der Waals surface area contributed by atoms with E-state index in [0.717, 1.165) is 15.4 Å². The summed E-state index contributed by atoms with van der Waals surface area (Å²) in [5.74, 6) is -0.549. The van der Waals surface area contributed by atoms with Crippen molar-refractivity contribution in [2.75, 3.05) is 7.11 Å². The molecule has 0 radical (unpaired) electrons. The summed E-state index contributed by atoms with van der Waals surface area (Å²) in [6.45, 7) is 0. The molecule has 0 saturated carbocycles. The summed E-state index contributed by atoms with van der Waals surface area (Å²) in [6.07, 6.45) is 3.70. The minimum Gasteiger partial charge on any atom is -0.469 e. The molecule has 3 aromatic rings. The van der Waals surface area contributed by atoms with Crippen molar-refractivity contribution in [1.82, 2.24) is 15.3 Å². The zero-order valence-electron chi connectivity index (χ0n) is 14.0. The van der Waals surface area contributed by atoms with Crippen LogP contribution in [0.3, 0.4) is 0 Å². The molecule has 0 aliphatic carbocycles. The third-order valence-corrected chi connectivity index (χ3v) is 5.55. The van der Waals surface area contributed by atoms with E-state index in [2.05, 4.69) is 15.3 Å². The molecule has 0 bridgehead atoms. The number of ether oxygens (including phenoxy) is 1. The SMILES string of the molecule is COC(=O)CC(NC(=O)Cc1csc(-c2cccnc2)n1)c1cccs1. The zero-order chi connectivity index (χ0) is 18.4. The molecule has 0 spiro atoms. The van der Waals surface area contributed by atoms with Gasteiger partial charge in [-0.05, 0) is 23.6 Å². The molecule has 0 saturated heterocycles. The Morgan fingerprint density at radius 1 is 1.27 bits per heavy atom. The van der Waals surface area contributed by atoms with Crippen molar-refractivity contribution >= 4 is 34.6 Å². The van der Waals surface area contributed by atoms with E-state index in [1.807, 2.05) is 35.0 Å². The largest absolute Gasteiger partial charge is 0.469 e. The van der Waals surface area contributed by atoms with E-state index in [0.29, 0.717) is 5.69 Å². The monoisotopic (exact) mass is 387 g/mol. The van der Waals surface area contributed by atoms with Crippen LogP contribution in [0.25, 0.3) is 10.6 Å². The fourth-order valence-electron chi connectivity index (χ4n) is 2.38. The molecule has 1 N–H and O–H groups in total. The number of carbonyl (C=O) groups is 2. The zero-order valence-corrected chi connectivity index (χ0v) is 15.7. The van der Waals surface area contributed by atoms with Crippen molar-refractivity contribution in [1.29, 1.82) is 0 Å². The third kappa shape index (κ3) is 4.74. The van der Waals surface area contributed by atoms with Crippen molar-refractivity contribution in [3.8, 4) is 10.6 Å². The van der Waals surface area contributed by atoms with Crippen molar-refractivity contribution in [2.24, 2.45) is 0 Å². The number of nitrogens with zero attached hydrogens (tertiary/aromatic N) is 2. The van der Waals surface area contributed by atoms with Gasteiger partial charge in [-0.1, -0.05) is 6.07 Å². The van der Waals surface area contributed by atoms with Crippen LogP contribution in [0.15, 0.2) is 47.4 Å². The van der Waals surface area contributed by atoms with E-state index in [4.69, 9.17) is 4.74 Å². The fraction of sp³-hybridized carbons (Fsp3) is 0.222. The summed E-state index contributed by atoms with van der Waals surface area (Å²) in [5, 5.41) is 7.50. The lowest BCUT2D eigenvalue weighted by Crippen LogP contribution is -2.31. The Balaban J connectivity index is 1.65. The summed E-state index contributed by atoms with van der Waals surface area (Å²) in [7, 11) is 1.34. The molecule has 1 unspecified atom stereocenters. The lowest BCUT2D eigenvalue weighted by atomic mass is 10.1. The van der Waals surface area contributed by atoms with Crippen LogP contribution in [0.2, 0.25) is 0 Å². The van der Waals surface area contributed by atoms with Gasteiger partial charge in [0, 0.05) is 28.2 Å². The second kappa shape index (κ2) is 8.68. The van der Waals surface area contributed by atoms with E-state index in [1.165, 1.54) is 29.8 Å². The maximum absolute atomic E-state index is 12.4. The molecule has 134 valence electrons. The third-order valence-electron chi connectivity index (χ3n) is 3.62. The minimum absolute atomic E-state index is 0.0980. The Hall–Kier alpha value is -2.58. The number of hydrogen-bond donors (Lipinski definition) is 1. The molecule has 3 heterocycles. The standard InChI is InChI=1S/C18H17N3O3S2/c1-24-17(23)9-14(15-5-3-7-25-15)21-16(22)8-13-11-26-18(20-13)12-4-2-6-19-10-12/h2-7,10-11,14H,8-9H2,1H3,(H,21,22). The molecule has 3 rings (SSSR count). The number of thiazole rings is 1. The summed E-state index contributed by atoms with van der Waals surface area (Å²) in [4.78, 5) is 33.5. The first-order valence-corrected chi connectivity index (χ1v) is 9.66. The van der Waals surface area contributed by atoms with Crippen molar-refractivity contribution in [3.63, 3.8) is 0 Å². The molecular weight excluding hydrogens is 370 g/mol. The van der Waals surface area contributed by atoms with Crippen LogP contribution in [0.4, 0.5) is 0 Å². The molecule has 3 aromatic heterocycles. The molecular formula is C18H17N3O3S2. The van der Waals surface area contributed by atoms with E-state index >= 15 is 0 Å². The molecule has 0 aliphatic heterocycles. The first kappa shape index (κ1) is 18.2. The molecule has 0 aliphatic rings. The van der Waals surface area contributed by atoms with E-state index in [9.17, 15) is 9.59 Å². The van der Waals surface area contributed by atoms with Crippen LogP contribution in [0.5, 0.6) is 0 Å². The number of nitrogens with one attached hydrogen (secondary N) is 1. The van der Waals surface area contributed by atoms with Gasteiger partial charge < -0.3 is 10.1 Å². The quantitative estimate of drug-likeness (QED) is 0.630.